The van der Waals surface area contributed by atoms with Crippen molar-refractivity contribution >= 4 is 27.6 Å². The Kier molecular flexibility index (Phi) is 4.84. The molecule has 2 aromatic carbocycles. The number of hydrogen-bond donors (Lipinski definition) is 3. The first-order valence-corrected chi connectivity index (χ1v) is 8.11. The fourth-order valence-electron chi connectivity index (χ4n) is 1.94. The maximum absolute atomic E-state index is 13.4. The number of halogens is 1. The Morgan fingerprint density at radius 3 is 2.38 bits per heavy atom. The summed E-state index contributed by atoms with van der Waals surface area (Å²) in [5.41, 5.74) is -0.667. The molecule has 0 aliphatic rings. The number of amides is 1. The van der Waals surface area contributed by atoms with Gasteiger partial charge in [-0.3, -0.25) is 9.52 Å². The maximum Gasteiger partial charge on any atom is 0.338 e. The third kappa shape index (κ3) is 3.51. The van der Waals surface area contributed by atoms with Crippen LogP contribution in [0.3, 0.4) is 0 Å². The Morgan fingerprint density at radius 2 is 1.75 bits per heavy atom. The Hall–Kier alpha value is -2.94. The van der Waals surface area contributed by atoms with Gasteiger partial charge in [0, 0.05) is 7.05 Å². The molecule has 3 N–H and O–H groups in total. The third-order valence-electron chi connectivity index (χ3n) is 3.12. The zero-order valence-electron chi connectivity index (χ0n) is 12.4. The molecule has 1 amide bonds. The molecular formula is C15H13FN2O5S. The summed E-state index contributed by atoms with van der Waals surface area (Å²) in [5, 5.41) is 11.3. The Morgan fingerprint density at radius 1 is 1.08 bits per heavy atom. The second-order valence-electron chi connectivity index (χ2n) is 4.68. The standard InChI is InChI=1S/C15H13FN2O5S/c1-17-14(19)10-4-2-3-5-13(10)18-24(22,23)9-6-7-12(16)11(8-9)15(20)21/h2-8,18H,1H3,(H,17,19)(H,20,21). The van der Waals surface area contributed by atoms with Crippen molar-refractivity contribution in [3.63, 3.8) is 0 Å². The molecule has 0 aliphatic heterocycles. The van der Waals surface area contributed by atoms with E-state index in [9.17, 15) is 22.4 Å². The second-order valence-corrected chi connectivity index (χ2v) is 6.36. The van der Waals surface area contributed by atoms with Crippen molar-refractivity contribution in [3.05, 3.63) is 59.4 Å². The van der Waals surface area contributed by atoms with Crippen LogP contribution in [0.1, 0.15) is 20.7 Å². The lowest BCUT2D eigenvalue weighted by Crippen LogP contribution is -2.21. The lowest BCUT2D eigenvalue weighted by molar-refractivity contribution is 0.0691. The Bertz CT molecular complexity index is 912. The van der Waals surface area contributed by atoms with Crippen LogP contribution in [0, 0.1) is 5.82 Å². The molecule has 0 bridgehead atoms. The van der Waals surface area contributed by atoms with Gasteiger partial charge in [-0.05, 0) is 30.3 Å². The Labute approximate surface area is 137 Å². The van der Waals surface area contributed by atoms with Crippen molar-refractivity contribution < 1.29 is 27.5 Å². The highest BCUT2D eigenvalue weighted by Crippen LogP contribution is 2.21. The molecule has 24 heavy (non-hydrogen) atoms. The van der Waals surface area contributed by atoms with Gasteiger partial charge in [-0.2, -0.15) is 0 Å². The van der Waals surface area contributed by atoms with E-state index < -0.39 is 38.2 Å². The summed E-state index contributed by atoms with van der Waals surface area (Å²) in [7, 11) is -2.81. The van der Waals surface area contributed by atoms with Gasteiger partial charge in [-0.1, -0.05) is 12.1 Å². The summed E-state index contributed by atoms with van der Waals surface area (Å²) in [4.78, 5) is 22.3. The van der Waals surface area contributed by atoms with Crippen molar-refractivity contribution in [3.8, 4) is 0 Å². The van der Waals surface area contributed by atoms with Crippen molar-refractivity contribution in [2.24, 2.45) is 0 Å². The third-order valence-corrected chi connectivity index (χ3v) is 4.48. The maximum atomic E-state index is 13.4. The highest BCUT2D eigenvalue weighted by Gasteiger charge is 2.21. The number of hydrogen-bond acceptors (Lipinski definition) is 4. The minimum atomic E-state index is -4.21. The number of rotatable bonds is 5. The normalized spacial score (nSPS) is 10.9. The molecule has 0 saturated carbocycles. The van der Waals surface area contributed by atoms with Crippen LogP contribution in [0.5, 0.6) is 0 Å². The van der Waals surface area contributed by atoms with Crippen LogP contribution in [-0.2, 0) is 10.0 Å². The van der Waals surface area contributed by atoms with Gasteiger partial charge in [-0.25, -0.2) is 17.6 Å². The van der Waals surface area contributed by atoms with Gasteiger partial charge >= 0.3 is 5.97 Å². The Balaban J connectivity index is 2.45. The number of nitrogens with one attached hydrogen (secondary N) is 2. The molecule has 9 heteroatoms. The lowest BCUT2D eigenvalue weighted by Gasteiger charge is -2.12. The monoisotopic (exact) mass is 352 g/mol. The first-order chi connectivity index (χ1) is 11.3. The highest BCUT2D eigenvalue weighted by atomic mass is 32.2. The first kappa shape index (κ1) is 17.4. The van der Waals surface area contributed by atoms with E-state index in [0.29, 0.717) is 6.07 Å². The molecule has 0 saturated heterocycles. The molecular weight excluding hydrogens is 339 g/mol. The quantitative estimate of drug-likeness (QED) is 0.758. The van der Waals surface area contributed by atoms with Gasteiger partial charge < -0.3 is 10.4 Å². The summed E-state index contributed by atoms with van der Waals surface area (Å²) in [6.07, 6.45) is 0. The summed E-state index contributed by atoms with van der Waals surface area (Å²) in [6, 6.07) is 8.28. The number of anilines is 1. The number of carbonyl (C=O) groups excluding carboxylic acids is 1. The van der Waals surface area contributed by atoms with E-state index in [1.54, 1.807) is 6.07 Å². The van der Waals surface area contributed by atoms with E-state index in [1.165, 1.54) is 25.2 Å². The molecule has 0 spiro atoms. The number of aromatic carboxylic acids is 1. The largest absolute Gasteiger partial charge is 0.478 e. The van der Waals surface area contributed by atoms with E-state index in [4.69, 9.17) is 5.11 Å². The average Bonchev–Trinajstić information content (AvgIpc) is 2.54. The van der Waals surface area contributed by atoms with Crippen molar-refractivity contribution in [1.29, 1.82) is 0 Å². The van der Waals surface area contributed by atoms with Crippen LogP contribution in [0.2, 0.25) is 0 Å². The van der Waals surface area contributed by atoms with Gasteiger partial charge in [0.1, 0.15) is 5.82 Å². The van der Waals surface area contributed by atoms with E-state index >= 15 is 0 Å². The minimum Gasteiger partial charge on any atom is -0.478 e. The van der Waals surface area contributed by atoms with Gasteiger partial charge in [0.15, 0.2) is 0 Å². The van der Waals surface area contributed by atoms with Gasteiger partial charge in [0.2, 0.25) is 0 Å². The molecule has 0 aliphatic carbocycles. The van der Waals surface area contributed by atoms with Crippen LogP contribution in [0.15, 0.2) is 47.4 Å². The molecule has 0 heterocycles. The number of carbonyl (C=O) groups is 2. The number of para-hydroxylation sites is 1. The zero-order valence-corrected chi connectivity index (χ0v) is 13.2. The number of carboxylic acid groups (broad SMARTS) is 1. The molecule has 0 radical (unpaired) electrons. The molecule has 0 fully saturated rings. The van der Waals surface area contributed by atoms with E-state index in [2.05, 4.69) is 10.0 Å². The van der Waals surface area contributed by atoms with E-state index in [-0.39, 0.29) is 11.3 Å². The van der Waals surface area contributed by atoms with Crippen LogP contribution in [-0.4, -0.2) is 32.4 Å². The lowest BCUT2D eigenvalue weighted by atomic mass is 10.2. The fraction of sp³-hybridized carbons (Fsp3) is 0.0667. The predicted octanol–water partition coefficient (Wildman–Crippen LogP) is 1.68. The van der Waals surface area contributed by atoms with E-state index in [1.807, 2.05) is 0 Å². The number of benzene rings is 2. The molecule has 7 nitrogen and oxygen atoms in total. The molecule has 0 aromatic heterocycles. The highest BCUT2D eigenvalue weighted by molar-refractivity contribution is 7.92. The number of carboxylic acids is 1. The summed E-state index contributed by atoms with van der Waals surface area (Å²) >= 11 is 0. The van der Waals surface area contributed by atoms with Gasteiger partial charge in [0.25, 0.3) is 15.9 Å². The second kappa shape index (κ2) is 6.67. The van der Waals surface area contributed by atoms with Crippen LogP contribution in [0.25, 0.3) is 0 Å². The van der Waals surface area contributed by atoms with Gasteiger partial charge in [0.05, 0.1) is 21.7 Å². The van der Waals surface area contributed by atoms with Crippen LogP contribution < -0.4 is 10.0 Å². The molecule has 2 rings (SSSR count). The topological polar surface area (TPSA) is 113 Å². The van der Waals surface area contributed by atoms with E-state index in [0.717, 1.165) is 12.1 Å². The molecule has 2 aromatic rings. The van der Waals surface area contributed by atoms with Crippen LogP contribution in [0.4, 0.5) is 10.1 Å². The molecule has 126 valence electrons. The fourth-order valence-corrected chi connectivity index (χ4v) is 3.05. The predicted molar refractivity (Wildman–Crippen MR) is 84.0 cm³/mol. The van der Waals surface area contributed by atoms with Crippen molar-refractivity contribution in [2.75, 3.05) is 11.8 Å². The van der Waals surface area contributed by atoms with Crippen molar-refractivity contribution in [1.82, 2.24) is 5.32 Å². The number of sulfonamides is 1. The zero-order chi connectivity index (χ0) is 17.9. The first-order valence-electron chi connectivity index (χ1n) is 6.63. The molecule has 0 atom stereocenters. The van der Waals surface area contributed by atoms with Crippen molar-refractivity contribution in [2.45, 2.75) is 4.90 Å². The summed E-state index contributed by atoms with van der Waals surface area (Å²) in [5.74, 6) is -3.14. The SMILES string of the molecule is CNC(=O)c1ccccc1NS(=O)(=O)c1ccc(F)c(C(=O)O)c1. The minimum absolute atomic E-state index is 0.0121. The van der Waals surface area contributed by atoms with Crippen LogP contribution >= 0.6 is 0 Å². The smallest absolute Gasteiger partial charge is 0.338 e. The summed E-state index contributed by atoms with van der Waals surface area (Å²) < 4.78 is 40.4. The average molecular weight is 352 g/mol. The summed E-state index contributed by atoms with van der Waals surface area (Å²) in [6.45, 7) is 0. The molecule has 0 unspecified atom stereocenters. The van der Waals surface area contributed by atoms with Gasteiger partial charge in [-0.15, -0.1) is 0 Å².